The third-order valence-electron chi connectivity index (χ3n) is 4.22. The van der Waals surface area contributed by atoms with Crippen LogP contribution in [-0.2, 0) is 9.59 Å². The highest BCUT2D eigenvalue weighted by Crippen LogP contribution is 2.29. The van der Waals surface area contributed by atoms with Crippen LogP contribution < -0.4 is 15.0 Å². The molecule has 0 unspecified atom stereocenters. The summed E-state index contributed by atoms with van der Waals surface area (Å²) in [6.07, 6.45) is 0.132. The van der Waals surface area contributed by atoms with Crippen LogP contribution in [0.5, 0.6) is 5.75 Å². The van der Waals surface area contributed by atoms with Crippen molar-refractivity contribution < 1.29 is 14.3 Å². The summed E-state index contributed by atoms with van der Waals surface area (Å²) in [7, 11) is 1.56. The van der Waals surface area contributed by atoms with Crippen molar-refractivity contribution in [2.24, 2.45) is 5.92 Å². The van der Waals surface area contributed by atoms with Crippen molar-refractivity contribution in [2.75, 3.05) is 23.9 Å². The standard InChI is InChI=1S/C19H16ClN3O3/c1-26-16-4-2-3-15(9-16)23-11-13(7-18(23)24)19(25)22-14-6-5-12(10-21)17(20)8-14/h2-6,8-9,13H,7,11H2,1H3,(H,22,25)/t13-/m0/s1. The molecule has 1 N–H and O–H groups in total. The number of hydrogen-bond donors (Lipinski definition) is 1. The second-order valence-corrected chi connectivity index (χ2v) is 6.31. The number of anilines is 2. The van der Waals surface area contributed by atoms with E-state index in [1.54, 1.807) is 48.4 Å². The molecule has 0 spiro atoms. The van der Waals surface area contributed by atoms with Crippen LogP contribution in [0, 0.1) is 17.2 Å². The first-order valence-corrected chi connectivity index (χ1v) is 8.34. The van der Waals surface area contributed by atoms with Crippen molar-refractivity contribution in [1.82, 2.24) is 0 Å². The minimum absolute atomic E-state index is 0.115. The van der Waals surface area contributed by atoms with E-state index in [2.05, 4.69) is 5.32 Å². The van der Waals surface area contributed by atoms with Crippen LogP contribution in [0.4, 0.5) is 11.4 Å². The molecule has 0 saturated carbocycles. The van der Waals surface area contributed by atoms with Crippen LogP contribution in [0.3, 0.4) is 0 Å². The van der Waals surface area contributed by atoms with Crippen LogP contribution in [0.2, 0.25) is 5.02 Å². The smallest absolute Gasteiger partial charge is 0.229 e. The van der Waals surface area contributed by atoms with Gasteiger partial charge in [-0.2, -0.15) is 5.26 Å². The maximum atomic E-state index is 12.5. The highest BCUT2D eigenvalue weighted by atomic mass is 35.5. The molecule has 1 aliphatic heterocycles. The summed E-state index contributed by atoms with van der Waals surface area (Å²) in [6.45, 7) is 0.293. The number of nitrogens with zero attached hydrogens (tertiary/aromatic N) is 2. The molecular weight excluding hydrogens is 354 g/mol. The van der Waals surface area contributed by atoms with Gasteiger partial charge in [0.1, 0.15) is 11.8 Å². The second kappa shape index (κ2) is 7.46. The number of nitrogens with one attached hydrogen (secondary N) is 1. The molecule has 1 aliphatic rings. The van der Waals surface area contributed by atoms with Gasteiger partial charge in [0.05, 0.1) is 23.6 Å². The van der Waals surface area contributed by atoms with Gasteiger partial charge in [0, 0.05) is 30.4 Å². The van der Waals surface area contributed by atoms with Gasteiger partial charge in [0.2, 0.25) is 11.8 Å². The van der Waals surface area contributed by atoms with Gasteiger partial charge in [-0.1, -0.05) is 17.7 Å². The van der Waals surface area contributed by atoms with Crippen molar-refractivity contribution in [3.8, 4) is 11.8 Å². The molecule has 1 fully saturated rings. The lowest BCUT2D eigenvalue weighted by atomic mass is 10.1. The zero-order chi connectivity index (χ0) is 18.7. The molecule has 2 aromatic rings. The average Bonchev–Trinajstić information content (AvgIpc) is 3.04. The van der Waals surface area contributed by atoms with Gasteiger partial charge in [0.15, 0.2) is 0 Å². The Morgan fingerprint density at radius 2 is 2.15 bits per heavy atom. The van der Waals surface area contributed by atoms with Crippen LogP contribution in [0.25, 0.3) is 0 Å². The predicted octanol–water partition coefficient (Wildman–Crippen LogP) is 3.21. The molecule has 0 aromatic heterocycles. The molecule has 3 rings (SSSR count). The molecule has 1 saturated heterocycles. The Morgan fingerprint density at radius 3 is 2.85 bits per heavy atom. The first-order valence-electron chi connectivity index (χ1n) is 7.96. The molecule has 132 valence electrons. The fourth-order valence-corrected chi connectivity index (χ4v) is 3.06. The third kappa shape index (κ3) is 3.63. The highest BCUT2D eigenvalue weighted by Gasteiger charge is 2.35. The number of benzene rings is 2. The van der Waals surface area contributed by atoms with E-state index < -0.39 is 5.92 Å². The maximum Gasteiger partial charge on any atom is 0.229 e. The number of carbonyl (C=O) groups is 2. The Balaban J connectivity index is 1.71. The number of carbonyl (C=O) groups excluding carboxylic acids is 2. The third-order valence-corrected chi connectivity index (χ3v) is 4.53. The Labute approximate surface area is 155 Å². The average molecular weight is 370 g/mol. The van der Waals surface area contributed by atoms with Crippen molar-refractivity contribution in [1.29, 1.82) is 5.26 Å². The van der Waals surface area contributed by atoms with Crippen LogP contribution >= 0.6 is 11.6 Å². The van der Waals surface area contributed by atoms with E-state index >= 15 is 0 Å². The van der Waals surface area contributed by atoms with E-state index in [1.807, 2.05) is 6.07 Å². The lowest BCUT2D eigenvalue weighted by molar-refractivity contribution is -0.122. The zero-order valence-electron chi connectivity index (χ0n) is 14.0. The molecular formula is C19H16ClN3O3. The number of amides is 2. The number of halogens is 1. The van der Waals surface area contributed by atoms with Gasteiger partial charge < -0.3 is 15.0 Å². The maximum absolute atomic E-state index is 12.5. The molecule has 7 heteroatoms. The number of rotatable bonds is 4. The monoisotopic (exact) mass is 369 g/mol. The first kappa shape index (κ1) is 17.8. The molecule has 0 bridgehead atoms. The van der Waals surface area contributed by atoms with Gasteiger partial charge in [-0.25, -0.2) is 0 Å². The molecule has 2 aromatic carbocycles. The van der Waals surface area contributed by atoms with E-state index in [9.17, 15) is 9.59 Å². The molecule has 6 nitrogen and oxygen atoms in total. The zero-order valence-corrected chi connectivity index (χ0v) is 14.8. The topological polar surface area (TPSA) is 82.4 Å². The van der Waals surface area contributed by atoms with Crippen molar-refractivity contribution in [2.45, 2.75) is 6.42 Å². The number of ether oxygens (including phenoxy) is 1. The van der Waals surface area contributed by atoms with E-state index in [1.165, 1.54) is 6.07 Å². The summed E-state index contributed by atoms with van der Waals surface area (Å²) in [5, 5.41) is 11.9. The van der Waals surface area contributed by atoms with E-state index in [4.69, 9.17) is 21.6 Å². The van der Waals surface area contributed by atoms with Gasteiger partial charge in [0.25, 0.3) is 0 Å². The Bertz CT molecular complexity index is 907. The summed E-state index contributed by atoms with van der Waals surface area (Å²) < 4.78 is 5.18. The van der Waals surface area contributed by atoms with Crippen molar-refractivity contribution >= 4 is 34.8 Å². The summed E-state index contributed by atoms with van der Waals surface area (Å²) in [6, 6.07) is 13.8. The van der Waals surface area contributed by atoms with Crippen molar-refractivity contribution in [3.63, 3.8) is 0 Å². The SMILES string of the molecule is COc1cccc(N2C[C@@H](C(=O)Nc3ccc(C#N)c(Cl)c3)CC2=O)c1. The molecule has 26 heavy (non-hydrogen) atoms. The van der Waals surface area contributed by atoms with Crippen LogP contribution in [0.1, 0.15) is 12.0 Å². The summed E-state index contributed by atoms with van der Waals surface area (Å²) in [5.41, 5.74) is 1.53. The van der Waals surface area contributed by atoms with Gasteiger partial charge in [-0.05, 0) is 30.3 Å². The van der Waals surface area contributed by atoms with Gasteiger partial charge >= 0.3 is 0 Å². The lowest BCUT2D eigenvalue weighted by Crippen LogP contribution is -2.28. The van der Waals surface area contributed by atoms with Gasteiger partial charge in [-0.15, -0.1) is 0 Å². The predicted molar refractivity (Wildman–Crippen MR) is 98.3 cm³/mol. The number of hydrogen-bond acceptors (Lipinski definition) is 4. The Kier molecular flexibility index (Phi) is 5.10. The van der Waals surface area contributed by atoms with E-state index in [0.29, 0.717) is 29.2 Å². The molecule has 0 aliphatic carbocycles. The fraction of sp³-hybridized carbons (Fsp3) is 0.211. The quantitative estimate of drug-likeness (QED) is 0.897. The highest BCUT2D eigenvalue weighted by molar-refractivity contribution is 6.32. The molecule has 2 amide bonds. The minimum Gasteiger partial charge on any atom is -0.497 e. The minimum atomic E-state index is -0.469. The lowest BCUT2D eigenvalue weighted by Gasteiger charge is -2.17. The number of methoxy groups -OCH3 is 1. The number of nitriles is 1. The van der Waals surface area contributed by atoms with E-state index in [-0.39, 0.29) is 23.3 Å². The Morgan fingerprint density at radius 1 is 1.35 bits per heavy atom. The Hall–Kier alpha value is -3.04. The normalized spacial score (nSPS) is 16.3. The summed E-state index contributed by atoms with van der Waals surface area (Å²) in [4.78, 5) is 26.4. The van der Waals surface area contributed by atoms with Crippen LogP contribution in [-0.4, -0.2) is 25.5 Å². The molecule has 1 heterocycles. The first-order chi connectivity index (χ1) is 12.5. The molecule has 0 radical (unpaired) electrons. The van der Waals surface area contributed by atoms with Gasteiger partial charge in [-0.3, -0.25) is 9.59 Å². The van der Waals surface area contributed by atoms with E-state index in [0.717, 1.165) is 0 Å². The fourth-order valence-electron chi connectivity index (χ4n) is 2.84. The largest absolute Gasteiger partial charge is 0.497 e. The molecule has 1 atom stereocenters. The summed E-state index contributed by atoms with van der Waals surface area (Å²) >= 11 is 5.98. The second-order valence-electron chi connectivity index (χ2n) is 5.90. The van der Waals surface area contributed by atoms with Crippen molar-refractivity contribution in [3.05, 3.63) is 53.1 Å². The summed E-state index contributed by atoms with van der Waals surface area (Å²) in [5.74, 6) is -0.195. The van der Waals surface area contributed by atoms with Crippen LogP contribution in [0.15, 0.2) is 42.5 Å².